The summed E-state index contributed by atoms with van der Waals surface area (Å²) < 4.78 is 5.69. The first kappa shape index (κ1) is 15.1. The van der Waals surface area contributed by atoms with Gasteiger partial charge in [-0.05, 0) is 34.0 Å². The van der Waals surface area contributed by atoms with Crippen LogP contribution in [0.15, 0.2) is 36.5 Å². The van der Waals surface area contributed by atoms with Crippen molar-refractivity contribution in [2.45, 2.75) is 47.1 Å². The lowest BCUT2D eigenvalue weighted by Crippen LogP contribution is -2.18. The molecule has 1 saturated carbocycles. The van der Waals surface area contributed by atoms with E-state index in [1.807, 2.05) is 12.2 Å². The van der Waals surface area contributed by atoms with Gasteiger partial charge in [-0.2, -0.15) is 0 Å². The smallest absolute Gasteiger partial charge is 0.310 e. The summed E-state index contributed by atoms with van der Waals surface area (Å²) in [4.78, 5) is 12.3. The lowest BCUT2D eigenvalue weighted by Gasteiger charge is -2.11. The number of carbonyl (C=O) groups excluding carboxylic acids is 1. The van der Waals surface area contributed by atoms with Crippen molar-refractivity contribution >= 4 is 5.97 Å². The highest BCUT2D eigenvalue weighted by Crippen LogP contribution is 2.68. The summed E-state index contributed by atoms with van der Waals surface area (Å²) in [6, 6.07) is 0. The van der Waals surface area contributed by atoms with Crippen molar-refractivity contribution < 1.29 is 9.53 Å². The van der Waals surface area contributed by atoms with E-state index in [0.717, 1.165) is 11.1 Å². The Bertz CT molecular complexity index is 480. The molecule has 0 aromatic heterocycles. The summed E-state index contributed by atoms with van der Waals surface area (Å²) in [5.41, 5.74) is 2.28. The van der Waals surface area contributed by atoms with Gasteiger partial charge in [0.2, 0.25) is 0 Å². The maximum absolute atomic E-state index is 12.3. The Morgan fingerprint density at radius 2 is 1.95 bits per heavy atom. The number of ether oxygens (including phenoxy) is 1. The molecule has 110 valence electrons. The van der Waals surface area contributed by atoms with Gasteiger partial charge in [-0.3, -0.25) is 4.79 Å². The van der Waals surface area contributed by atoms with Crippen LogP contribution in [-0.2, 0) is 9.53 Å². The Morgan fingerprint density at radius 1 is 1.40 bits per heavy atom. The second-order valence-electron chi connectivity index (χ2n) is 7.31. The molecule has 20 heavy (non-hydrogen) atoms. The zero-order chi connectivity index (χ0) is 15.3. The molecule has 0 radical (unpaired) electrons. The minimum Gasteiger partial charge on any atom is -0.458 e. The lowest BCUT2D eigenvalue weighted by atomic mass is 9.98. The first-order chi connectivity index (χ1) is 9.12. The number of hydrogen-bond acceptors (Lipinski definition) is 2. The van der Waals surface area contributed by atoms with E-state index in [0.29, 0.717) is 6.42 Å². The molecule has 2 heteroatoms. The van der Waals surface area contributed by atoms with Gasteiger partial charge in [0.25, 0.3) is 0 Å². The third-order valence-corrected chi connectivity index (χ3v) is 5.59. The number of hydrogen-bond donors (Lipinski definition) is 0. The lowest BCUT2D eigenvalue weighted by molar-refractivity contribution is -0.149. The van der Waals surface area contributed by atoms with Crippen LogP contribution in [0.3, 0.4) is 0 Å². The first-order valence-electron chi connectivity index (χ1n) is 7.35. The van der Waals surface area contributed by atoms with E-state index in [-0.39, 0.29) is 34.7 Å². The number of esters is 1. The predicted octanol–water partition coefficient (Wildman–Crippen LogP) is 4.29. The molecule has 2 rings (SSSR count). The number of rotatable bonds is 4. The van der Waals surface area contributed by atoms with Crippen LogP contribution in [0.25, 0.3) is 0 Å². The Labute approximate surface area is 122 Å². The Morgan fingerprint density at radius 3 is 2.40 bits per heavy atom. The molecule has 0 aromatic carbocycles. The van der Waals surface area contributed by atoms with Crippen molar-refractivity contribution in [3.63, 3.8) is 0 Å². The minimum atomic E-state index is -0.153. The highest BCUT2D eigenvalue weighted by atomic mass is 16.5. The summed E-state index contributed by atoms with van der Waals surface area (Å²) in [7, 11) is 0. The van der Waals surface area contributed by atoms with E-state index in [2.05, 4.69) is 47.8 Å². The van der Waals surface area contributed by atoms with Crippen LogP contribution in [0.5, 0.6) is 0 Å². The minimum absolute atomic E-state index is 0.00227. The van der Waals surface area contributed by atoms with Crippen molar-refractivity contribution in [2.75, 3.05) is 0 Å². The molecular formula is C18H26O2. The summed E-state index contributed by atoms with van der Waals surface area (Å²) in [6.07, 6.45) is 4.50. The number of allylic oxidation sites excluding steroid dienone is 2. The average molecular weight is 274 g/mol. The average Bonchev–Trinajstić information content (AvgIpc) is 2.60. The number of carbonyl (C=O) groups is 1. The van der Waals surface area contributed by atoms with E-state index in [9.17, 15) is 4.79 Å². The SMILES string of the molecule is C=CC(C)C1=CC(OC(=O)C2C(C)(C)C2(C)C)CC1=C. The molecule has 2 aliphatic rings. The second-order valence-corrected chi connectivity index (χ2v) is 7.31. The standard InChI is InChI=1S/C18H26O2/c1-8-11(2)14-10-13(9-12(14)3)20-16(19)15-17(4,5)18(15,6)7/h8,10-11,13,15H,1,3,9H2,2,4-7H3. The topological polar surface area (TPSA) is 26.3 Å². The van der Waals surface area contributed by atoms with Crippen LogP contribution in [0.4, 0.5) is 0 Å². The van der Waals surface area contributed by atoms with E-state index in [4.69, 9.17) is 4.74 Å². The fourth-order valence-corrected chi connectivity index (χ4v) is 3.42. The molecule has 1 fully saturated rings. The predicted molar refractivity (Wildman–Crippen MR) is 82.1 cm³/mol. The highest BCUT2D eigenvalue weighted by Gasteiger charge is 2.69. The molecule has 0 spiro atoms. The van der Waals surface area contributed by atoms with Crippen LogP contribution in [-0.4, -0.2) is 12.1 Å². The second kappa shape index (κ2) is 4.61. The van der Waals surface area contributed by atoms with Gasteiger partial charge in [0.1, 0.15) is 6.10 Å². The molecule has 0 amide bonds. The molecule has 2 aliphatic carbocycles. The largest absolute Gasteiger partial charge is 0.458 e. The third-order valence-electron chi connectivity index (χ3n) is 5.59. The van der Waals surface area contributed by atoms with Gasteiger partial charge in [0, 0.05) is 6.42 Å². The quantitative estimate of drug-likeness (QED) is 0.564. The van der Waals surface area contributed by atoms with Crippen molar-refractivity contribution in [3.05, 3.63) is 36.5 Å². The highest BCUT2D eigenvalue weighted by molar-refractivity contribution is 5.79. The molecule has 0 aromatic rings. The molecule has 0 N–H and O–H groups in total. The van der Waals surface area contributed by atoms with Crippen molar-refractivity contribution in [1.82, 2.24) is 0 Å². The van der Waals surface area contributed by atoms with Gasteiger partial charge < -0.3 is 4.74 Å². The van der Waals surface area contributed by atoms with Gasteiger partial charge in [0.15, 0.2) is 0 Å². The Kier molecular flexibility index (Phi) is 3.48. The molecule has 0 aliphatic heterocycles. The monoisotopic (exact) mass is 274 g/mol. The van der Waals surface area contributed by atoms with Gasteiger partial charge in [-0.15, -0.1) is 6.58 Å². The molecule has 0 bridgehead atoms. The van der Waals surface area contributed by atoms with E-state index in [1.165, 1.54) is 0 Å². The fraction of sp³-hybridized carbons (Fsp3) is 0.611. The maximum Gasteiger partial charge on any atom is 0.310 e. The van der Waals surface area contributed by atoms with E-state index >= 15 is 0 Å². The van der Waals surface area contributed by atoms with Crippen LogP contribution < -0.4 is 0 Å². The summed E-state index contributed by atoms with van der Waals surface area (Å²) >= 11 is 0. The Balaban J connectivity index is 2.03. The summed E-state index contributed by atoms with van der Waals surface area (Å²) in [6.45, 7) is 18.5. The van der Waals surface area contributed by atoms with Crippen LogP contribution in [0.2, 0.25) is 0 Å². The van der Waals surface area contributed by atoms with E-state index < -0.39 is 0 Å². The van der Waals surface area contributed by atoms with Crippen molar-refractivity contribution in [1.29, 1.82) is 0 Å². The molecule has 0 heterocycles. The van der Waals surface area contributed by atoms with Gasteiger partial charge in [-0.1, -0.05) is 47.3 Å². The normalized spacial score (nSPS) is 28.8. The van der Waals surface area contributed by atoms with Crippen molar-refractivity contribution in [3.8, 4) is 0 Å². The zero-order valence-corrected chi connectivity index (χ0v) is 13.3. The van der Waals surface area contributed by atoms with Gasteiger partial charge in [0.05, 0.1) is 5.92 Å². The first-order valence-corrected chi connectivity index (χ1v) is 7.35. The van der Waals surface area contributed by atoms with Crippen molar-refractivity contribution in [2.24, 2.45) is 22.7 Å². The fourth-order valence-electron chi connectivity index (χ4n) is 3.42. The zero-order valence-electron chi connectivity index (χ0n) is 13.3. The molecule has 0 saturated heterocycles. The Hall–Kier alpha value is -1.31. The summed E-state index contributed by atoms with van der Waals surface area (Å²) in [5.74, 6) is 0.194. The molecule has 2 nitrogen and oxygen atoms in total. The summed E-state index contributed by atoms with van der Waals surface area (Å²) in [5, 5.41) is 0. The maximum atomic E-state index is 12.3. The van der Waals surface area contributed by atoms with Gasteiger partial charge >= 0.3 is 5.97 Å². The third kappa shape index (κ3) is 2.15. The van der Waals surface area contributed by atoms with Gasteiger partial charge in [-0.25, -0.2) is 0 Å². The van der Waals surface area contributed by atoms with Crippen LogP contribution in [0, 0.1) is 22.7 Å². The van der Waals surface area contributed by atoms with Crippen LogP contribution >= 0.6 is 0 Å². The van der Waals surface area contributed by atoms with E-state index in [1.54, 1.807) is 0 Å². The van der Waals surface area contributed by atoms with Crippen LogP contribution in [0.1, 0.15) is 41.0 Å². The molecule has 2 atom stereocenters. The molecule has 2 unspecified atom stereocenters. The molecular weight excluding hydrogens is 248 g/mol.